The number of aromatic nitrogens is 2. The average Bonchev–Trinajstić information content (AvgIpc) is 2.67. The highest BCUT2D eigenvalue weighted by Crippen LogP contribution is 2.14. The van der Waals surface area contributed by atoms with E-state index in [1.54, 1.807) is 29.7 Å². The van der Waals surface area contributed by atoms with E-state index in [-0.39, 0.29) is 12.3 Å². The Labute approximate surface area is 110 Å². The summed E-state index contributed by atoms with van der Waals surface area (Å²) in [6.07, 6.45) is 1.15. The number of morpholine rings is 1. The first-order valence-corrected chi connectivity index (χ1v) is 6.10. The van der Waals surface area contributed by atoms with Gasteiger partial charge in [-0.2, -0.15) is 5.10 Å². The molecule has 0 aliphatic carbocycles. The van der Waals surface area contributed by atoms with E-state index < -0.39 is 12.1 Å². The van der Waals surface area contributed by atoms with Gasteiger partial charge in [0.05, 0.1) is 30.4 Å². The minimum Gasteiger partial charge on any atom is -0.481 e. The Kier molecular flexibility index (Phi) is 3.84. The summed E-state index contributed by atoms with van der Waals surface area (Å²) in [5, 5.41) is 12.9. The molecule has 104 valence electrons. The van der Waals surface area contributed by atoms with Crippen LogP contribution in [0.5, 0.6) is 0 Å². The molecule has 0 radical (unpaired) electrons. The molecule has 0 bridgehead atoms. The second-order valence-electron chi connectivity index (χ2n) is 4.64. The van der Waals surface area contributed by atoms with Crippen molar-refractivity contribution in [2.24, 2.45) is 7.05 Å². The summed E-state index contributed by atoms with van der Waals surface area (Å²) in [7, 11) is 1.76. The molecular weight excluding hydrogens is 250 g/mol. The predicted octanol–water partition coefficient (Wildman–Crippen LogP) is 0.0442. The lowest BCUT2D eigenvalue weighted by Gasteiger charge is -2.32. The topological polar surface area (TPSA) is 84.7 Å². The Morgan fingerprint density at radius 2 is 2.32 bits per heavy atom. The number of nitrogens with zero attached hydrogens (tertiary/aromatic N) is 3. The lowest BCUT2D eigenvalue weighted by Crippen LogP contribution is -2.46. The van der Waals surface area contributed by atoms with E-state index in [2.05, 4.69) is 5.10 Å². The second-order valence-corrected chi connectivity index (χ2v) is 4.64. The van der Waals surface area contributed by atoms with Gasteiger partial charge in [-0.25, -0.2) is 0 Å². The van der Waals surface area contributed by atoms with Gasteiger partial charge < -0.3 is 14.7 Å². The van der Waals surface area contributed by atoms with Gasteiger partial charge in [0.15, 0.2) is 0 Å². The van der Waals surface area contributed by atoms with Crippen LogP contribution in [0.4, 0.5) is 0 Å². The summed E-state index contributed by atoms with van der Waals surface area (Å²) < 4.78 is 6.94. The molecule has 1 aliphatic heterocycles. The fraction of sp³-hybridized carbons (Fsp3) is 0.583. The van der Waals surface area contributed by atoms with E-state index >= 15 is 0 Å². The van der Waals surface area contributed by atoms with E-state index in [0.29, 0.717) is 31.0 Å². The van der Waals surface area contributed by atoms with Crippen LogP contribution in [0, 0.1) is 6.92 Å². The van der Waals surface area contributed by atoms with Crippen LogP contribution in [0.25, 0.3) is 0 Å². The quantitative estimate of drug-likeness (QED) is 0.836. The summed E-state index contributed by atoms with van der Waals surface area (Å²) >= 11 is 0. The number of amides is 1. The van der Waals surface area contributed by atoms with Crippen LogP contribution in [-0.4, -0.2) is 57.5 Å². The Morgan fingerprint density at radius 3 is 2.89 bits per heavy atom. The molecule has 1 atom stereocenters. The van der Waals surface area contributed by atoms with Crippen molar-refractivity contribution in [1.29, 1.82) is 0 Å². The van der Waals surface area contributed by atoms with E-state index in [1.807, 2.05) is 0 Å². The van der Waals surface area contributed by atoms with Gasteiger partial charge in [0.1, 0.15) is 0 Å². The minimum atomic E-state index is -0.920. The predicted molar refractivity (Wildman–Crippen MR) is 65.8 cm³/mol. The molecule has 1 aromatic rings. The smallest absolute Gasteiger partial charge is 0.306 e. The van der Waals surface area contributed by atoms with Crippen LogP contribution >= 0.6 is 0 Å². The first kappa shape index (κ1) is 13.5. The highest BCUT2D eigenvalue weighted by Gasteiger charge is 2.28. The van der Waals surface area contributed by atoms with Gasteiger partial charge in [-0.05, 0) is 6.92 Å². The molecule has 7 nitrogen and oxygen atoms in total. The van der Waals surface area contributed by atoms with Crippen LogP contribution in [0.3, 0.4) is 0 Å². The number of hydrogen-bond donors (Lipinski definition) is 1. The Hall–Kier alpha value is -1.89. The molecule has 2 rings (SSSR count). The molecule has 19 heavy (non-hydrogen) atoms. The van der Waals surface area contributed by atoms with Crippen molar-refractivity contribution in [3.63, 3.8) is 0 Å². The molecule has 1 aliphatic rings. The van der Waals surface area contributed by atoms with Crippen molar-refractivity contribution < 1.29 is 19.4 Å². The van der Waals surface area contributed by atoms with Gasteiger partial charge in [-0.15, -0.1) is 0 Å². The van der Waals surface area contributed by atoms with Crippen LogP contribution in [0.2, 0.25) is 0 Å². The highest BCUT2D eigenvalue weighted by molar-refractivity contribution is 5.95. The fourth-order valence-corrected chi connectivity index (χ4v) is 2.20. The molecule has 1 aromatic heterocycles. The van der Waals surface area contributed by atoms with Crippen LogP contribution < -0.4 is 0 Å². The third kappa shape index (κ3) is 3.11. The molecular formula is C12H17N3O4. The summed E-state index contributed by atoms with van der Waals surface area (Å²) in [5.41, 5.74) is 1.23. The van der Waals surface area contributed by atoms with Crippen LogP contribution in [0.1, 0.15) is 22.5 Å². The molecule has 1 unspecified atom stereocenters. The zero-order chi connectivity index (χ0) is 14.0. The van der Waals surface area contributed by atoms with Gasteiger partial charge in [0.2, 0.25) is 0 Å². The van der Waals surface area contributed by atoms with Gasteiger partial charge >= 0.3 is 5.97 Å². The minimum absolute atomic E-state index is 0.0875. The third-order valence-electron chi connectivity index (χ3n) is 3.07. The number of aryl methyl sites for hydroxylation is 2. The van der Waals surface area contributed by atoms with Crippen molar-refractivity contribution in [3.8, 4) is 0 Å². The Bertz CT molecular complexity index is 497. The zero-order valence-corrected chi connectivity index (χ0v) is 11.0. The number of rotatable bonds is 3. The van der Waals surface area contributed by atoms with Crippen LogP contribution in [-0.2, 0) is 16.6 Å². The van der Waals surface area contributed by atoms with Crippen molar-refractivity contribution in [3.05, 3.63) is 17.5 Å². The maximum absolute atomic E-state index is 12.3. The van der Waals surface area contributed by atoms with E-state index in [1.165, 1.54) is 0 Å². The molecule has 1 N–H and O–H groups in total. The first-order valence-electron chi connectivity index (χ1n) is 6.10. The molecule has 1 fully saturated rings. The van der Waals surface area contributed by atoms with Gasteiger partial charge in [0, 0.05) is 26.3 Å². The largest absolute Gasteiger partial charge is 0.481 e. The number of carboxylic acids is 1. The van der Waals surface area contributed by atoms with Gasteiger partial charge in [0.25, 0.3) is 5.91 Å². The summed E-state index contributed by atoms with van der Waals surface area (Å²) in [5.74, 6) is -1.04. The van der Waals surface area contributed by atoms with E-state index in [9.17, 15) is 9.59 Å². The van der Waals surface area contributed by atoms with Crippen molar-refractivity contribution in [2.45, 2.75) is 19.4 Å². The average molecular weight is 267 g/mol. The lowest BCUT2D eigenvalue weighted by molar-refractivity contribution is -0.141. The maximum atomic E-state index is 12.3. The first-order chi connectivity index (χ1) is 8.97. The standard InChI is InChI=1S/C12H17N3O4/c1-8-10(7-14(2)13-8)12(18)15-3-4-19-9(6-15)5-11(16)17/h7,9H,3-6H2,1-2H3,(H,16,17). The van der Waals surface area contributed by atoms with Crippen molar-refractivity contribution >= 4 is 11.9 Å². The van der Waals surface area contributed by atoms with Gasteiger partial charge in [-0.1, -0.05) is 0 Å². The molecule has 0 saturated carbocycles. The highest BCUT2D eigenvalue weighted by atomic mass is 16.5. The van der Waals surface area contributed by atoms with Crippen molar-refractivity contribution in [2.75, 3.05) is 19.7 Å². The Balaban J connectivity index is 2.07. The molecule has 0 aromatic carbocycles. The summed E-state index contributed by atoms with van der Waals surface area (Å²) in [4.78, 5) is 24.6. The third-order valence-corrected chi connectivity index (χ3v) is 3.07. The monoisotopic (exact) mass is 267 g/mol. The van der Waals surface area contributed by atoms with E-state index in [4.69, 9.17) is 9.84 Å². The summed E-state index contributed by atoms with van der Waals surface area (Å²) in [6, 6.07) is 0. The van der Waals surface area contributed by atoms with Gasteiger partial charge in [-0.3, -0.25) is 14.3 Å². The number of carboxylic acid groups (broad SMARTS) is 1. The zero-order valence-electron chi connectivity index (χ0n) is 11.0. The number of ether oxygens (including phenoxy) is 1. The Morgan fingerprint density at radius 1 is 1.58 bits per heavy atom. The van der Waals surface area contributed by atoms with E-state index in [0.717, 1.165) is 0 Å². The second kappa shape index (κ2) is 5.40. The number of carbonyl (C=O) groups excluding carboxylic acids is 1. The maximum Gasteiger partial charge on any atom is 0.306 e. The number of carbonyl (C=O) groups is 2. The lowest BCUT2D eigenvalue weighted by atomic mass is 10.1. The fourth-order valence-electron chi connectivity index (χ4n) is 2.20. The number of aliphatic carboxylic acids is 1. The molecule has 7 heteroatoms. The van der Waals surface area contributed by atoms with Crippen LogP contribution in [0.15, 0.2) is 6.20 Å². The number of hydrogen-bond acceptors (Lipinski definition) is 4. The normalized spacial score (nSPS) is 19.5. The summed E-state index contributed by atoms with van der Waals surface area (Å²) in [6.45, 7) is 2.92. The molecule has 1 amide bonds. The molecule has 1 saturated heterocycles. The molecule has 2 heterocycles. The molecule has 0 spiro atoms. The van der Waals surface area contributed by atoms with Crippen molar-refractivity contribution in [1.82, 2.24) is 14.7 Å². The SMILES string of the molecule is Cc1nn(C)cc1C(=O)N1CCOC(CC(=O)O)C1.